The van der Waals surface area contributed by atoms with Gasteiger partial charge in [0.2, 0.25) is 10.0 Å². The van der Waals surface area contributed by atoms with Crippen molar-refractivity contribution in [3.63, 3.8) is 0 Å². The van der Waals surface area contributed by atoms with Crippen molar-refractivity contribution in [1.29, 1.82) is 0 Å². The van der Waals surface area contributed by atoms with Gasteiger partial charge >= 0.3 is 0 Å². The number of nitro benzene ring substituents is 1. The van der Waals surface area contributed by atoms with Crippen molar-refractivity contribution in [2.75, 3.05) is 39.5 Å². The van der Waals surface area contributed by atoms with Gasteiger partial charge in [0.1, 0.15) is 13.2 Å². The largest absolute Gasteiger partial charge is 0.353 e. The molecule has 0 N–H and O–H groups in total. The second-order valence-electron chi connectivity index (χ2n) is 12.2. The predicted molar refractivity (Wildman–Crippen MR) is 201 cm³/mol. The number of non-ortho nitro benzene ring substituents is 1. The summed E-state index contributed by atoms with van der Waals surface area (Å²) in [6.45, 7) is 1.91. The average molecular weight is 735 g/mol. The van der Waals surface area contributed by atoms with Crippen LogP contribution in [0.1, 0.15) is 73.6 Å². The fraction of sp³-hybridized carbons (Fsp3) is 0.381. The molecule has 2 heterocycles. The Balaban J connectivity index is 1.24. The van der Waals surface area contributed by atoms with E-state index in [0.717, 1.165) is 49.7 Å². The first-order chi connectivity index (χ1) is 25.9. The number of benzene rings is 3. The highest BCUT2D eigenvalue weighted by atomic mass is 32.2. The number of unbranched alkanes of at least 4 members (excludes halogenated alkanes) is 1. The summed E-state index contributed by atoms with van der Waals surface area (Å²) in [4.78, 5) is 10.6. The van der Waals surface area contributed by atoms with E-state index in [0.29, 0.717) is 37.2 Å². The van der Waals surface area contributed by atoms with Crippen molar-refractivity contribution in [2.24, 2.45) is 0 Å². The Bertz CT molecular complexity index is 2040. The normalized spacial score (nSPS) is 16.8. The average Bonchev–Trinajstić information content (AvgIpc) is 3.19. The second kappa shape index (κ2) is 20.9. The van der Waals surface area contributed by atoms with Gasteiger partial charge in [-0.2, -0.15) is 4.31 Å². The van der Waals surface area contributed by atoms with E-state index in [-0.39, 0.29) is 49.5 Å². The van der Waals surface area contributed by atoms with Gasteiger partial charge in [-0.3, -0.25) is 10.1 Å². The van der Waals surface area contributed by atoms with E-state index in [1.807, 2.05) is 48.5 Å². The van der Waals surface area contributed by atoms with Crippen LogP contribution in [0.2, 0.25) is 0 Å². The van der Waals surface area contributed by atoms with Crippen molar-refractivity contribution in [3.05, 3.63) is 105 Å². The lowest BCUT2D eigenvalue weighted by Gasteiger charge is -2.21. The molecule has 2 unspecified atom stereocenters. The smallest absolute Gasteiger partial charge is 0.269 e. The van der Waals surface area contributed by atoms with Crippen LogP contribution < -0.4 is 0 Å². The van der Waals surface area contributed by atoms with Crippen LogP contribution in [0.15, 0.2) is 77.7 Å². The molecule has 274 valence electrons. The van der Waals surface area contributed by atoms with Crippen LogP contribution in [0.4, 0.5) is 5.69 Å². The molecule has 2 aliphatic rings. The first-order valence-corrected chi connectivity index (χ1v) is 19.2. The third-order valence-electron chi connectivity index (χ3n) is 8.35. The molecule has 3 aromatic rings. The molecule has 2 atom stereocenters. The molecule has 0 aromatic heterocycles. The van der Waals surface area contributed by atoms with Crippen molar-refractivity contribution < 1.29 is 32.3 Å². The highest BCUT2D eigenvalue weighted by Crippen LogP contribution is 2.20. The van der Waals surface area contributed by atoms with Gasteiger partial charge in [0.15, 0.2) is 12.6 Å². The summed E-state index contributed by atoms with van der Waals surface area (Å²) < 4.78 is 51.4. The predicted octanol–water partition coefficient (Wildman–Crippen LogP) is 6.26. The lowest BCUT2D eigenvalue weighted by molar-refractivity contribution is -0.384. The molecule has 0 amide bonds. The SMILES string of the molecule is O=[N+]([O-])c1ccc(S(=O)(=O)N(CC#Cc2ccccc2C#CCOC2CCCCO2)CCCC#Cc2ccccc2C#CCOC2CCCCO2)cc1. The first-order valence-electron chi connectivity index (χ1n) is 17.7. The Morgan fingerprint density at radius 2 is 1.19 bits per heavy atom. The van der Waals surface area contributed by atoms with E-state index >= 15 is 0 Å². The zero-order chi connectivity index (χ0) is 37.1. The summed E-state index contributed by atoms with van der Waals surface area (Å²) in [5, 5.41) is 11.2. The highest BCUT2D eigenvalue weighted by molar-refractivity contribution is 7.89. The number of sulfonamides is 1. The van der Waals surface area contributed by atoms with E-state index < -0.39 is 14.9 Å². The fourth-order valence-corrected chi connectivity index (χ4v) is 6.90. The molecule has 0 radical (unpaired) electrons. The highest BCUT2D eigenvalue weighted by Gasteiger charge is 2.24. The lowest BCUT2D eigenvalue weighted by Crippen LogP contribution is -2.32. The maximum absolute atomic E-state index is 13.8. The molecule has 53 heavy (non-hydrogen) atoms. The van der Waals surface area contributed by atoms with Gasteiger partial charge in [-0.15, -0.1) is 0 Å². The molecule has 0 aliphatic carbocycles. The summed E-state index contributed by atoms with van der Waals surface area (Å²) in [5.74, 6) is 24.7. The van der Waals surface area contributed by atoms with Crippen LogP contribution in [0.5, 0.6) is 0 Å². The maximum atomic E-state index is 13.8. The minimum absolute atomic E-state index is 0.0595. The Hall–Kier alpha value is -4.95. The van der Waals surface area contributed by atoms with Crippen LogP contribution in [-0.4, -0.2) is 69.7 Å². The van der Waals surface area contributed by atoms with E-state index in [1.165, 1.54) is 28.6 Å². The molecule has 0 bridgehead atoms. The number of ether oxygens (including phenoxy) is 4. The minimum atomic E-state index is -4.04. The third-order valence-corrected chi connectivity index (χ3v) is 10.2. The minimum Gasteiger partial charge on any atom is -0.353 e. The van der Waals surface area contributed by atoms with Gasteiger partial charge in [-0.05, 0) is 81.3 Å². The molecular weight excluding hydrogens is 693 g/mol. The maximum Gasteiger partial charge on any atom is 0.269 e. The summed E-state index contributed by atoms with van der Waals surface area (Å²) in [6.07, 6.45) is 6.38. The third kappa shape index (κ3) is 12.6. The quantitative estimate of drug-likeness (QED) is 0.0982. The first kappa shape index (κ1) is 39.3. The molecular formula is C42H42N2O8S. The molecule has 2 saturated heterocycles. The van der Waals surface area contributed by atoms with Gasteiger partial charge in [0, 0.05) is 60.6 Å². The summed E-state index contributed by atoms with van der Waals surface area (Å²) in [7, 11) is -4.04. The molecule has 11 heteroatoms. The number of hydrogen-bond donors (Lipinski definition) is 0. The van der Waals surface area contributed by atoms with E-state index in [9.17, 15) is 18.5 Å². The van der Waals surface area contributed by atoms with Gasteiger partial charge in [0.25, 0.3) is 5.69 Å². The molecule has 2 aliphatic heterocycles. The summed E-state index contributed by atoms with van der Waals surface area (Å²) in [5.41, 5.74) is 2.70. The molecule has 0 saturated carbocycles. The van der Waals surface area contributed by atoms with Crippen molar-refractivity contribution >= 4 is 15.7 Å². The molecule has 0 spiro atoms. The van der Waals surface area contributed by atoms with Gasteiger partial charge < -0.3 is 18.9 Å². The van der Waals surface area contributed by atoms with Crippen LogP contribution in [0.25, 0.3) is 0 Å². The Morgan fingerprint density at radius 1 is 0.698 bits per heavy atom. The molecule has 5 rings (SSSR count). The Kier molecular flexibility index (Phi) is 15.5. The number of hydrogen-bond acceptors (Lipinski definition) is 8. The fourth-order valence-electron chi connectivity index (χ4n) is 5.52. The van der Waals surface area contributed by atoms with Crippen molar-refractivity contribution in [3.8, 4) is 47.4 Å². The monoisotopic (exact) mass is 734 g/mol. The molecule has 2 fully saturated rings. The zero-order valence-corrected chi connectivity index (χ0v) is 30.4. The van der Waals surface area contributed by atoms with E-state index in [1.54, 1.807) is 0 Å². The number of nitro groups is 1. The standard InChI is InChI=1S/C42H42N2O8S/c45-44(46)39-25-27-40(28-26-39)53(47,48)43(30-12-20-36-17-4-6-19-38(36)22-14-34-52-42-24-8-11-32-50-42)29-9-1-2-15-35-16-3-5-18-37(35)21-13-33-51-41-23-7-10-31-49-41/h3-6,16-19,25-28,41-42H,1,7-11,23-24,29-34H2. The van der Waals surface area contributed by atoms with Gasteiger partial charge in [-0.1, -0.05) is 71.6 Å². The summed E-state index contributed by atoms with van der Waals surface area (Å²) >= 11 is 0. The van der Waals surface area contributed by atoms with Crippen LogP contribution in [0.3, 0.4) is 0 Å². The van der Waals surface area contributed by atoms with Crippen LogP contribution in [-0.2, 0) is 29.0 Å². The number of rotatable bonds is 11. The van der Waals surface area contributed by atoms with Crippen LogP contribution >= 0.6 is 0 Å². The topological polar surface area (TPSA) is 117 Å². The van der Waals surface area contributed by atoms with Gasteiger partial charge in [-0.25, -0.2) is 8.42 Å². The lowest BCUT2D eigenvalue weighted by atomic mass is 10.1. The zero-order valence-electron chi connectivity index (χ0n) is 29.6. The van der Waals surface area contributed by atoms with E-state index in [2.05, 4.69) is 47.4 Å². The van der Waals surface area contributed by atoms with E-state index in [4.69, 9.17) is 18.9 Å². The second-order valence-corrected chi connectivity index (χ2v) is 14.1. The summed E-state index contributed by atoms with van der Waals surface area (Å²) in [6, 6.07) is 19.8. The molecule has 10 nitrogen and oxygen atoms in total. The molecule has 3 aromatic carbocycles. The van der Waals surface area contributed by atoms with Crippen LogP contribution in [0, 0.1) is 57.5 Å². The Morgan fingerprint density at radius 3 is 1.66 bits per heavy atom. The van der Waals surface area contributed by atoms with Gasteiger partial charge in [0.05, 0.1) is 16.4 Å². The number of nitrogens with zero attached hydrogens (tertiary/aromatic N) is 2. The van der Waals surface area contributed by atoms with Crippen molar-refractivity contribution in [1.82, 2.24) is 4.31 Å². The van der Waals surface area contributed by atoms with Crippen molar-refractivity contribution in [2.45, 2.75) is 68.8 Å². The Labute approximate surface area is 312 Å².